The molecule has 13 heteroatoms. The van der Waals surface area contributed by atoms with E-state index in [2.05, 4.69) is 12.3 Å². The average Bonchev–Trinajstić information content (AvgIpc) is 2.25. The predicted octanol–water partition coefficient (Wildman–Crippen LogP) is 0.236. The molecule has 0 unspecified atom stereocenters. The molecule has 132 valence electrons. The van der Waals surface area contributed by atoms with E-state index in [1.54, 1.807) is 0 Å². The minimum atomic E-state index is -4.27. The van der Waals surface area contributed by atoms with Gasteiger partial charge in [-0.25, -0.2) is 25.3 Å². The lowest BCUT2D eigenvalue weighted by Crippen LogP contribution is -2.39. The molecule has 0 spiro atoms. The van der Waals surface area contributed by atoms with Crippen molar-refractivity contribution in [2.75, 3.05) is 0 Å². The van der Waals surface area contributed by atoms with Gasteiger partial charge in [-0.3, -0.25) is 12.3 Å². The Morgan fingerprint density at radius 3 is 0.864 bits per heavy atom. The molecule has 22 heavy (non-hydrogen) atoms. The number of hydrogen-bond donors (Lipinski definition) is 0. The minimum Gasteiger partial charge on any atom is -0.270 e. The maximum absolute atomic E-state index is 11.7. The monoisotopic (exact) mass is 380 g/mol. The van der Waals surface area contributed by atoms with Gasteiger partial charge in [0.15, 0.2) is 0 Å². The molecular weight excluding hydrogens is 359 g/mol. The zero-order valence-corrected chi connectivity index (χ0v) is 15.7. The average molecular weight is 380 g/mol. The van der Waals surface area contributed by atoms with Gasteiger partial charge in [-0.1, -0.05) is 0 Å². The second-order valence-electron chi connectivity index (χ2n) is 5.20. The Hall–Kier alpha value is -0.205. The molecule has 0 bridgehead atoms. The molecule has 0 N–H and O–H groups in total. The molecule has 0 aromatic rings. The molecule has 0 aliphatic rings. The van der Waals surface area contributed by atoms with Crippen molar-refractivity contribution >= 4 is 37.7 Å². The highest BCUT2D eigenvalue weighted by Crippen LogP contribution is 2.15. The Morgan fingerprint density at radius 2 is 0.727 bits per heavy atom. The zero-order chi connectivity index (χ0) is 17.9. The van der Waals surface area contributed by atoms with Crippen molar-refractivity contribution in [1.29, 1.82) is 0 Å². The van der Waals surface area contributed by atoms with E-state index in [9.17, 15) is 25.3 Å². The molecule has 0 aromatic carbocycles. The molecule has 0 fully saturated rings. The maximum Gasteiger partial charge on any atom is 0.684 e. The Labute approximate surface area is 132 Å². The smallest absolute Gasteiger partial charge is 0.270 e. The Balaban J connectivity index is 5.53. The van der Waals surface area contributed by atoms with Gasteiger partial charge in [0, 0.05) is 0 Å². The van der Waals surface area contributed by atoms with Crippen LogP contribution in [0.15, 0.2) is 0 Å². The van der Waals surface area contributed by atoms with Crippen LogP contribution in [0.5, 0.6) is 0 Å². The van der Waals surface area contributed by atoms with Gasteiger partial charge in [-0.2, -0.15) is 0 Å². The summed E-state index contributed by atoms with van der Waals surface area (Å²) in [6.45, 7) is 7.59. The van der Waals surface area contributed by atoms with E-state index < -0.39 is 53.4 Å². The van der Waals surface area contributed by atoms with Gasteiger partial charge in [-0.15, -0.1) is 0 Å². The van der Waals surface area contributed by atoms with E-state index in [0.29, 0.717) is 0 Å². The second-order valence-corrected chi connectivity index (χ2v) is 11.6. The van der Waals surface area contributed by atoms with Crippen molar-refractivity contribution in [3.63, 3.8) is 0 Å². The van der Waals surface area contributed by atoms with Crippen molar-refractivity contribution < 1.29 is 37.6 Å². The van der Waals surface area contributed by atoms with Crippen LogP contribution in [-0.4, -0.2) is 48.3 Å². The van der Waals surface area contributed by atoms with Gasteiger partial charge in [0.1, 0.15) is 0 Å². The van der Waals surface area contributed by atoms with Crippen molar-refractivity contribution in [1.82, 2.24) is 0 Å². The van der Waals surface area contributed by atoms with E-state index in [0.717, 1.165) is 0 Å². The third kappa shape index (κ3) is 6.50. The Bertz CT molecular complexity index is 566. The van der Waals surface area contributed by atoms with E-state index >= 15 is 0 Å². The first-order chi connectivity index (χ1) is 9.62. The maximum atomic E-state index is 11.7. The van der Waals surface area contributed by atoms with Crippen molar-refractivity contribution in [3.8, 4) is 0 Å². The number of rotatable bonds is 9. The normalized spacial score (nSPS) is 14.0. The Kier molecular flexibility index (Phi) is 7.51. The molecule has 0 aliphatic carbocycles. The first-order valence-corrected chi connectivity index (χ1v) is 10.8. The standard InChI is InChI=1S/C9H21BO9S3/c1-7(2)20(11,12)17-10(18-21(13,14)8(3)4)19-22(15,16)9(5)6/h7-9H,1-6H3. The lowest BCUT2D eigenvalue weighted by molar-refractivity contribution is 0.306. The van der Waals surface area contributed by atoms with Crippen molar-refractivity contribution in [2.24, 2.45) is 0 Å². The van der Waals surface area contributed by atoms with Gasteiger partial charge in [0.2, 0.25) is 0 Å². The van der Waals surface area contributed by atoms with Crippen molar-refractivity contribution in [2.45, 2.75) is 57.3 Å². The van der Waals surface area contributed by atoms with Crippen LogP contribution in [0.3, 0.4) is 0 Å². The highest BCUT2D eigenvalue weighted by atomic mass is 32.2. The predicted molar refractivity (Wildman–Crippen MR) is 81.2 cm³/mol. The zero-order valence-electron chi connectivity index (χ0n) is 13.2. The fourth-order valence-corrected chi connectivity index (χ4v) is 2.42. The van der Waals surface area contributed by atoms with E-state index in [1.165, 1.54) is 41.5 Å². The van der Waals surface area contributed by atoms with Crippen molar-refractivity contribution in [3.05, 3.63) is 0 Å². The fourth-order valence-electron chi connectivity index (χ4n) is 0.710. The molecule has 0 rings (SSSR count). The molecule has 0 heterocycles. The molecule has 0 radical (unpaired) electrons. The molecule has 0 saturated heterocycles. The van der Waals surface area contributed by atoms with Gasteiger partial charge in [-0.05, 0) is 41.5 Å². The molecule has 0 amide bonds. The molecule has 0 saturated carbocycles. The summed E-state index contributed by atoms with van der Waals surface area (Å²) in [5.41, 5.74) is 0. The van der Waals surface area contributed by atoms with Crippen LogP contribution in [-0.2, 0) is 42.7 Å². The molecule has 9 nitrogen and oxygen atoms in total. The van der Waals surface area contributed by atoms with Gasteiger partial charge >= 0.3 is 7.32 Å². The minimum absolute atomic E-state index is 1.05. The van der Waals surface area contributed by atoms with Gasteiger partial charge < -0.3 is 0 Å². The summed E-state index contributed by atoms with van der Waals surface area (Å²) in [6, 6.07) is 0. The lowest BCUT2D eigenvalue weighted by Gasteiger charge is -2.17. The van der Waals surface area contributed by atoms with Crippen LogP contribution in [0, 0.1) is 0 Å². The number of hydrogen-bond acceptors (Lipinski definition) is 9. The van der Waals surface area contributed by atoms with Crippen LogP contribution in [0.2, 0.25) is 0 Å². The van der Waals surface area contributed by atoms with E-state index in [-0.39, 0.29) is 0 Å². The largest absolute Gasteiger partial charge is 0.684 e. The van der Waals surface area contributed by atoms with Gasteiger partial charge in [0.25, 0.3) is 30.4 Å². The third-order valence-electron chi connectivity index (χ3n) is 2.37. The van der Waals surface area contributed by atoms with Crippen LogP contribution in [0.4, 0.5) is 0 Å². The van der Waals surface area contributed by atoms with Gasteiger partial charge in [0.05, 0.1) is 15.7 Å². The van der Waals surface area contributed by atoms with E-state index in [1.807, 2.05) is 0 Å². The molecule has 0 atom stereocenters. The van der Waals surface area contributed by atoms with Crippen LogP contribution < -0.4 is 0 Å². The lowest BCUT2D eigenvalue weighted by atomic mass is 10.3. The third-order valence-corrected chi connectivity index (χ3v) is 7.11. The topological polar surface area (TPSA) is 130 Å². The summed E-state index contributed by atoms with van der Waals surface area (Å²) in [7, 11) is -15.3. The summed E-state index contributed by atoms with van der Waals surface area (Å²) in [5, 5.41) is -3.15. The first-order valence-electron chi connectivity index (χ1n) is 6.38. The quantitative estimate of drug-likeness (QED) is 0.516. The van der Waals surface area contributed by atoms with Crippen LogP contribution in [0.1, 0.15) is 41.5 Å². The van der Waals surface area contributed by atoms with E-state index in [4.69, 9.17) is 0 Å². The molecule has 0 aliphatic heterocycles. The molecular formula is C9H21BO9S3. The summed E-state index contributed by atoms with van der Waals surface area (Å²) < 4.78 is 83.4. The first kappa shape index (κ1) is 21.8. The highest BCUT2D eigenvalue weighted by Gasteiger charge is 2.41. The second kappa shape index (κ2) is 7.58. The summed E-state index contributed by atoms with van der Waals surface area (Å²) in [5.74, 6) is 0. The Morgan fingerprint density at radius 1 is 0.545 bits per heavy atom. The van der Waals surface area contributed by atoms with Crippen LogP contribution in [0.25, 0.3) is 0 Å². The summed E-state index contributed by atoms with van der Waals surface area (Å²) in [6.07, 6.45) is 0. The summed E-state index contributed by atoms with van der Waals surface area (Å²) in [4.78, 5) is 0. The SMILES string of the molecule is CC(C)S(=O)(=O)OB(OS(=O)(=O)C(C)C)OS(=O)(=O)C(C)C. The highest BCUT2D eigenvalue weighted by molar-refractivity contribution is 7.90. The summed E-state index contributed by atoms with van der Waals surface area (Å²) >= 11 is 0. The fraction of sp³-hybridized carbons (Fsp3) is 1.00. The van der Waals surface area contributed by atoms with Crippen LogP contribution >= 0.6 is 0 Å². The molecule has 0 aromatic heterocycles.